The van der Waals surface area contributed by atoms with Gasteiger partial charge in [-0.25, -0.2) is 0 Å². The molecule has 2 saturated heterocycles. The molecule has 41 heavy (non-hydrogen) atoms. The van der Waals surface area contributed by atoms with Crippen molar-refractivity contribution in [3.63, 3.8) is 0 Å². The Hall–Kier alpha value is -3.94. The summed E-state index contributed by atoms with van der Waals surface area (Å²) in [5.41, 5.74) is 4.90. The Bertz CT molecular complexity index is 1390. The molecular weight excluding hydrogens is 512 g/mol. The SMILES string of the molecule is C=C1CCC(N2Cc3cc(O[C@H]4CN(Cc5ccccc5)CC[C@@H]4NCCc4ccccc4)ccc3C2=O)C(=O)N1. The van der Waals surface area contributed by atoms with Gasteiger partial charge < -0.3 is 20.3 Å². The number of ether oxygens (including phenoxy) is 1. The molecule has 0 saturated carbocycles. The van der Waals surface area contributed by atoms with Crippen LogP contribution >= 0.6 is 0 Å². The summed E-state index contributed by atoms with van der Waals surface area (Å²) in [7, 11) is 0. The highest BCUT2D eigenvalue weighted by molar-refractivity contribution is 6.01. The molecule has 212 valence electrons. The van der Waals surface area contributed by atoms with Crippen LogP contribution in [0.4, 0.5) is 0 Å². The van der Waals surface area contributed by atoms with Crippen molar-refractivity contribution in [2.45, 2.75) is 57.0 Å². The zero-order valence-electron chi connectivity index (χ0n) is 23.4. The van der Waals surface area contributed by atoms with Crippen LogP contribution in [0.5, 0.6) is 5.75 Å². The Labute approximate surface area is 242 Å². The van der Waals surface area contributed by atoms with Crippen molar-refractivity contribution in [1.82, 2.24) is 20.4 Å². The van der Waals surface area contributed by atoms with Gasteiger partial charge in [-0.2, -0.15) is 0 Å². The molecule has 6 rings (SSSR count). The maximum Gasteiger partial charge on any atom is 0.255 e. The molecule has 1 unspecified atom stereocenters. The second kappa shape index (κ2) is 12.3. The first-order chi connectivity index (χ1) is 20.0. The van der Waals surface area contributed by atoms with Crippen LogP contribution < -0.4 is 15.4 Å². The van der Waals surface area contributed by atoms with Crippen LogP contribution in [0.15, 0.2) is 91.1 Å². The van der Waals surface area contributed by atoms with E-state index in [9.17, 15) is 9.59 Å². The molecule has 0 radical (unpaired) electrons. The first-order valence-corrected chi connectivity index (χ1v) is 14.7. The summed E-state index contributed by atoms with van der Waals surface area (Å²) in [5, 5.41) is 6.59. The van der Waals surface area contributed by atoms with Crippen molar-refractivity contribution in [3.8, 4) is 5.75 Å². The highest BCUT2D eigenvalue weighted by Gasteiger charge is 2.38. The van der Waals surface area contributed by atoms with E-state index in [-0.39, 0.29) is 24.0 Å². The van der Waals surface area contributed by atoms with Gasteiger partial charge in [0.1, 0.15) is 17.9 Å². The third-order valence-corrected chi connectivity index (χ3v) is 8.45. The van der Waals surface area contributed by atoms with Gasteiger partial charge in [-0.3, -0.25) is 14.5 Å². The van der Waals surface area contributed by atoms with Crippen LogP contribution in [0.25, 0.3) is 0 Å². The molecule has 0 aliphatic carbocycles. The molecule has 7 heteroatoms. The number of benzene rings is 3. The minimum atomic E-state index is -0.465. The summed E-state index contributed by atoms with van der Waals surface area (Å²) in [6.45, 7) is 7.86. The molecular formula is C34H38N4O3. The normalized spacial score (nSPS) is 22.9. The third kappa shape index (κ3) is 6.37. The lowest BCUT2D eigenvalue weighted by Crippen LogP contribution is -2.55. The Kier molecular flexibility index (Phi) is 8.16. The topological polar surface area (TPSA) is 73.9 Å². The van der Waals surface area contributed by atoms with E-state index in [1.54, 1.807) is 4.90 Å². The number of nitrogens with one attached hydrogen (secondary N) is 2. The average molecular weight is 551 g/mol. The number of hydrogen-bond donors (Lipinski definition) is 2. The monoisotopic (exact) mass is 550 g/mol. The van der Waals surface area contributed by atoms with Crippen LogP contribution in [-0.4, -0.2) is 59.4 Å². The summed E-state index contributed by atoms with van der Waals surface area (Å²) in [5.74, 6) is 0.525. The molecule has 0 bridgehead atoms. The summed E-state index contributed by atoms with van der Waals surface area (Å²) >= 11 is 0. The van der Waals surface area contributed by atoms with Gasteiger partial charge in [-0.15, -0.1) is 0 Å². The number of allylic oxidation sites excluding steroid dienone is 1. The van der Waals surface area contributed by atoms with Crippen molar-refractivity contribution in [3.05, 3.63) is 113 Å². The minimum Gasteiger partial charge on any atom is -0.487 e. The van der Waals surface area contributed by atoms with E-state index in [4.69, 9.17) is 4.74 Å². The number of nitrogens with zero attached hydrogens (tertiary/aromatic N) is 2. The zero-order chi connectivity index (χ0) is 28.2. The molecule has 3 aromatic rings. The van der Waals surface area contributed by atoms with Gasteiger partial charge in [0.05, 0.1) is 0 Å². The van der Waals surface area contributed by atoms with Crippen molar-refractivity contribution in [2.24, 2.45) is 0 Å². The van der Waals surface area contributed by atoms with Crippen molar-refractivity contribution in [2.75, 3.05) is 19.6 Å². The highest BCUT2D eigenvalue weighted by Crippen LogP contribution is 2.31. The fourth-order valence-electron chi connectivity index (χ4n) is 6.24. The molecule has 3 atom stereocenters. The van der Waals surface area contributed by atoms with Crippen molar-refractivity contribution < 1.29 is 14.3 Å². The number of rotatable bonds is 9. The van der Waals surface area contributed by atoms with Gasteiger partial charge >= 0.3 is 0 Å². The average Bonchev–Trinajstić information content (AvgIpc) is 3.30. The number of carbonyl (C=O) groups is 2. The Balaban J connectivity index is 1.15. The van der Waals surface area contributed by atoms with Crippen molar-refractivity contribution in [1.29, 1.82) is 0 Å². The van der Waals surface area contributed by atoms with E-state index in [0.717, 1.165) is 50.3 Å². The molecule has 2 fully saturated rings. The van der Waals surface area contributed by atoms with Gasteiger partial charge in [0, 0.05) is 43.5 Å². The van der Waals surface area contributed by atoms with Gasteiger partial charge in [0.25, 0.3) is 5.91 Å². The molecule has 2 N–H and O–H groups in total. The molecule has 3 aliphatic rings. The number of carbonyl (C=O) groups excluding carboxylic acids is 2. The lowest BCUT2D eigenvalue weighted by molar-refractivity contribution is -0.126. The van der Waals surface area contributed by atoms with E-state index in [1.165, 1.54) is 11.1 Å². The number of likely N-dealkylation sites (tertiary alicyclic amines) is 1. The number of hydrogen-bond acceptors (Lipinski definition) is 5. The quantitative estimate of drug-likeness (QED) is 0.416. The molecule has 0 spiro atoms. The van der Waals surface area contributed by atoms with E-state index in [1.807, 2.05) is 24.3 Å². The predicted molar refractivity (Wildman–Crippen MR) is 159 cm³/mol. The summed E-state index contributed by atoms with van der Waals surface area (Å²) < 4.78 is 6.69. The first kappa shape index (κ1) is 27.2. The number of fused-ring (bicyclic) bond motifs is 1. The Morgan fingerprint density at radius 2 is 1.71 bits per heavy atom. The summed E-state index contributed by atoms with van der Waals surface area (Å²) in [4.78, 5) is 29.9. The third-order valence-electron chi connectivity index (χ3n) is 8.45. The van der Waals surface area contributed by atoms with E-state index in [2.05, 4.69) is 76.7 Å². The molecule has 0 aromatic heterocycles. The number of piperidine rings is 2. The van der Waals surface area contributed by atoms with E-state index in [0.29, 0.717) is 30.6 Å². The Morgan fingerprint density at radius 1 is 0.951 bits per heavy atom. The molecule has 2 amide bonds. The van der Waals surface area contributed by atoms with Crippen molar-refractivity contribution >= 4 is 11.8 Å². The standard InChI is InChI=1S/C34H38N4O3/c1-24-12-15-31(33(39)36-24)38-22-27-20-28(13-14-29(27)34(38)40)41-32-23-37(21-26-10-6-3-7-11-26)19-17-30(32)35-18-16-25-8-4-2-5-9-25/h2-11,13-14,20,30-32,35H,1,12,15-19,21-23H2,(H,36,39)/t30-,31?,32-/m0/s1. The predicted octanol–water partition coefficient (Wildman–Crippen LogP) is 4.29. The van der Waals surface area contributed by atoms with E-state index < -0.39 is 6.04 Å². The zero-order valence-corrected chi connectivity index (χ0v) is 23.4. The number of amides is 2. The van der Waals surface area contributed by atoms with Crippen LogP contribution in [0.2, 0.25) is 0 Å². The highest BCUT2D eigenvalue weighted by atomic mass is 16.5. The van der Waals surface area contributed by atoms with Crippen LogP contribution in [-0.2, 0) is 24.3 Å². The minimum absolute atomic E-state index is 0.0374. The van der Waals surface area contributed by atoms with Gasteiger partial charge in [-0.1, -0.05) is 67.2 Å². The fourth-order valence-corrected chi connectivity index (χ4v) is 6.24. The molecule has 3 heterocycles. The van der Waals surface area contributed by atoms with Crippen LogP contribution in [0.1, 0.15) is 46.3 Å². The Morgan fingerprint density at radius 3 is 2.46 bits per heavy atom. The second-order valence-corrected chi connectivity index (χ2v) is 11.4. The molecule has 3 aromatic carbocycles. The maximum atomic E-state index is 13.2. The maximum absolute atomic E-state index is 13.2. The van der Waals surface area contributed by atoms with Gasteiger partial charge in [-0.05, 0) is 67.1 Å². The summed E-state index contributed by atoms with van der Waals surface area (Å²) in [6, 6.07) is 26.6. The summed E-state index contributed by atoms with van der Waals surface area (Å²) in [6.07, 6.45) is 3.21. The lowest BCUT2D eigenvalue weighted by atomic mass is 10.00. The van der Waals surface area contributed by atoms with Gasteiger partial charge in [0.15, 0.2) is 0 Å². The molecule has 3 aliphatic heterocycles. The van der Waals surface area contributed by atoms with Gasteiger partial charge in [0.2, 0.25) is 5.91 Å². The lowest BCUT2D eigenvalue weighted by Gasteiger charge is -2.39. The smallest absolute Gasteiger partial charge is 0.255 e. The largest absolute Gasteiger partial charge is 0.487 e. The van der Waals surface area contributed by atoms with Crippen LogP contribution in [0.3, 0.4) is 0 Å². The first-order valence-electron chi connectivity index (χ1n) is 14.7. The van der Waals surface area contributed by atoms with Crippen LogP contribution in [0, 0.1) is 0 Å². The second-order valence-electron chi connectivity index (χ2n) is 11.4. The fraction of sp³-hybridized carbons (Fsp3) is 0.353. The van der Waals surface area contributed by atoms with E-state index >= 15 is 0 Å². The molecule has 7 nitrogen and oxygen atoms in total.